The lowest BCUT2D eigenvalue weighted by molar-refractivity contribution is -0.113. The molecule has 28 heavy (non-hydrogen) atoms. The fraction of sp³-hybridized carbons (Fsp3) is 0.318. The molecule has 6 heteroatoms. The number of nitrogens with one attached hydrogen (secondary N) is 2. The maximum absolute atomic E-state index is 12.7. The molecule has 1 atom stereocenters. The first-order chi connectivity index (χ1) is 13.4. The molecule has 0 fully saturated rings. The predicted molar refractivity (Wildman–Crippen MR) is 113 cm³/mol. The molecule has 0 aliphatic heterocycles. The molecule has 1 aliphatic carbocycles. The predicted octanol–water partition coefficient (Wildman–Crippen LogP) is 5.31. The van der Waals surface area contributed by atoms with E-state index >= 15 is 0 Å². The largest absolute Gasteiger partial charge is 0.322 e. The summed E-state index contributed by atoms with van der Waals surface area (Å²) < 4.78 is 0. The van der Waals surface area contributed by atoms with E-state index in [2.05, 4.69) is 29.5 Å². The van der Waals surface area contributed by atoms with Crippen molar-refractivity contribution in [1.29, 1.82) is 0 Å². The van der Waals surface area contributed by atoms with Gasteiger partial charge < -0.3 is 10.6 Å². The number of hydrogen-bond donors (Lipinski definition) is 2. The van der Waals surface area contributed by atoms with Crippen LogP contribution in [-0.2, 0) is 4.79 Å². The average molecular weight is 398 g/mol. The molecule has 0 saturated heterocycles. The molecule has 1 aliphatic rings. The van der Waals surface area contributed by atoms with Gasteiger partial charge in [0.15, 0.2) is 0 Å². The van der Waals surface area contributed by atoms with Gasteiger partial charge in [-0.3, -0.25) is 9.59 Å². The van der Waals surface area contributed by atoms with Crippen LogP contribution in [0.5, 0.6) is 0 Å². The van der Waals surface area contributed by atoms with Crippen LogP contribution in [0.15, 0.2) is 54.2 Å². The summed E-state index contributed by atoms with van der Waals surface area (Å²) in [6.07, 6.45) is 6.19. The Labute approximate surface area is 170 Å². The molecule has 1 aromatic heterocycles. The van der Waals surface area contributed by atoms with Gasteiger partial charge in [0.05, 0.1) is 16.3 Å². The smallest absolute Gasteiger partial charge is 0.258 e. The topological polar surface area (TPSA) is 71.1 Å². The number of carbonyl (C=O) groups is 2. The molecule has 3 rings (SSSR count). The van der Waals surface area contributed by atoms with Crippen molar-refractivity contribution in [2.24, 2.45) is 11.8 Å². The van der Waals surface area contributed by atoms with E-state index in [1.54, 1.807) is 36.4 Å². The minimum Gasteiger partial charge on any atom is -0.322 e. The van der Waals surface area contributed by atoms with Gasteiger partial charge >= 0.3 is 0 Å². The Bertz CT molecular complexity index is 891. The zero-order chi connectivity index (χ0) is 20.1. The lowest BCUT2D eigenvalue weighted by atomic mass is 9.82. The first kappa shape index (κ1) is 20.1. The van der Waals surface area contributed by atoms with Crippen molar-refractivity contribution in [3.05, 3.63) is 64.8 Å². The van der Waals surface area contributed by atoms with Crippen LogP contribution in [0.3, 0.4) is 0 Å². The summed E-state index contributed by atoms with van der Waals surface area (Å²) >= 11 is 5.82. The molecule has 146 valence electrons. The van der Waals surface area contributed by atoms with Gasteiger partial charge in [-0.15, -0.1) is 0 Å². The third-order valence-electron chi connectivity index (χ3n) is 5.07. The number of para-hydroxylation sites is 1. The molecule has 0 spiro atoms. The second-order valence-corrected chi connectivity index (χ2v) is 7.76. The zero-order valence-corrected chi connectivity index (χ0v) is 16.8. The Morgan fingerprint density at radius 3 is 2.54 bits per heavy atom. The molecule has 1 unspecified atom stereocenters. The van der Waals surface area contributed by atoms with Gasteiger partial charge in [-0.05, 0) is 55.4 Å². The van der Waals surface area contributed by atoms with Gasteiger partial charge in [-0.1, -0.05) is 43.7 Å². The number of rotatable bonds is 5. The van der Waals surface area contributed by atoms with E-state index in [-0.39, 0.29) is 11.8 Å². The first-order valence-corrected chi connectivity index (χ1v) is 9.84. The molecule has 2 aromatic rings. The van der Waals surface area contributed by atoms with E-state index in [4.69, 9.17) is 11.6 Å². The molecule has 1 aromatic carbocycles. The van der Waals surface area contributed by atoms with Crippen molar-refractivity contribution in [1.82, 2.24) is 4.98 Å². The molecule has 0 radical (unpaired) electrons. The van der Waals surface area contributed by atoms with E-state index in [9.17, 15) is 9.59 Å². The molecule has 0 bridgehead atoms. The lowest BCUT2D eigenvalue weighted by Gasteiger charge is -2.24. The minimum absolute atomic E-state index is 0.146. The number of hydrogen-bond acceptors (Lipinski definition) is 3. The monoisotopic (exact) mass is 397 g/mol. The highest BCUT2D eigenvalue weighted by atomic mass is 35.5. The summed E-state index contributed by atoms with van der Waals surface area (Å²) in [4.78, 5) is 29.4. The number of allylic oxidation sites excluding steroid dienone is 1. The third kappa shape index (κ3) is 4.98. The van der Waals surface area contributed by atoms with Crippen LogP contribution in [0.25, 0.3) is 0 Å². The van der Waals surface area contributed by atoms with Crippen LogP contribution in [0.4, 0.5) is 11.5 Å². The molecule has 2 N–H and O–H groups in total. The number of benzene rings is 1. The average Bonchev–Trinajstić information content (AvgIpc) is 2.70. The summed E-state index contributed by atoms with van der Waals surface area (Å²) in [6, 6.07) is 10.2. The Balaban J connectivity index is 1.71. The molecule has 5 nitrogen and oxygen atoms in total. The summed E-state index contributed by atoms with van der Waals surface area (Å²) in [5, 5.41) is 6.10. The fourth-order valence-electron chi connectivity index (χ4n) is 3.29. The summed E-state index contributed by atoms with van der Waals surface area (Å²) in [5.41, 5.74) is 1.64. The molecular formula is C22H24ClN3O2. The zero-order valence-electron chi connectivity index (χ0n) is 16.0. The Morgan fingerprint density at radius 1 is 1.11 bits per heavy atom. The summed E-state index contributed by atoms with van der Waals surface area (Å²) in [7, 11) is 0. The van der Waals surface area contributed by atoms with E-state index in [1.807, 2.05) is 6.08 Å². The standard InChI is InChI=1S/C22H24ClN3O2/c1-14(2)15-7-9-16(10-8-15)21(27)25-19-6-4-3-5-18(19)22(28)26-20-12-11-17(23)13-24-20/h3-6,9,11-15H,7-8,10H2,1-2H3,(H,25,27)(H,24,26,28). The summed E-state index contributed by atoms with van der Waals surface area (Å²) in [5.74, 6) is 1.15. The Morgan fingerprint density at radius 2 is 1.89 bits per heavy atom. The van der Waals surface area contributed by atoms with Crippen molar-refractivity contribution in [3.63, 3.8) is 0 Å². The van der Waals surface area contributed by atoms with Gasteiger partial charge in [0.25, 0.3) is 11.8 Å². The SMILES string of the molecule is CC(C)C1CC=C(C(=O)Nc2ccccc2C(=O)Nc2ccc(Cl)cn2)CC1. The number of anilines is 2. The highest BCUT2D eigenvalue weighted by molar-refractivity contribution is 6.30. The van der Waals surface area contributed by atoms with Crippen LogP contribution < -0.4 is 10.6 Å². The van der Waals surface area contributed by atoms with E-state index in [0.717, 1.165) is 24.8 Å². The van der Waals surface area contributed by atoms with Gasteiger partial charge in [0.2, 0.25) is 0 Å². The van der Waals surface area contributed by atoms with Crippen LogP contribution in [0.2, 0.25) is 5.02 Å². The number of amides is 2. The highest BCUT2D eigenvalue weighted by Crippen LogP contribution is 2.30. The van der Waals surface area contributed by atoms with Crippen molar-refractivity contribution in [3.8, 4) is 0 Å². The van der Waals surface area contributed by atoms with Gasteiger partial charge in [-0.25, -0.2) is 4.98 Å². The van der Waals surface area contributed by atoms with Gasteiger partial charge in [-0.2, -0.15) is 0 Å². The number of halogens is 1. The maximum Gasteiger partial charge on any atom is 0.258 e. The fourth-order valence-corrected chi connectivity index (χ4v) is 3.40. The van der Waals surface area contributed by atoms with Crippen LogP contribution in [0.1, 0.15) is 43.5 Å². The van der Waals surface area contributed by atoms with Crippen molar-refractivity contribution in [2.75, 3.05) is 10.6 Å². The normalized spacial score (nSPS) is 16.4. The quantitative estimate of drug-likeness (QED) is 0.718. The van der Waals surface area contributed by atoms with Gasteiger partial charge in [0.1, 0.15) is 5.82 Å². The van der Waals surface area contributed by atoms with E-state index in [1.165, 1.54) is 6.20 Å². The maximum atomic E-state index is 12.7. The van der Waals surface area contributed by atoms with Crippen molar-refractivity contribution in [2.45, 2.75) is 33.1 Å². The number of pyridine rings is 1. The highest BCUT2D eigenvalue weighted by Gasteiger charge is 2.22. The van der Waals surface area contributed by atoms with Gasteiger partial charge in [0, 0.05) is 11.8 Å². The minimum atomic E-state index is -0.344. The van der Waals surface area contributed by atoms with Crippen LogP contribution in [-0.4, -0.2) is 16.8 Å². The molecule has 1 heterocycles. The third-order valence-corrected chi connectivity index (χ3v) is 5.30. The molecule has 0 saturated carbocycles. The van der Waals surface area contributed by atoms with Crippen LogP contribution >= 0.6 is 11.6 Å². The summed E-state index contributed by atoms with van der Waals surface area (Å²) in [6.45, 7) is 4.43. The number of carbonyl (C=O) groups excluding carboxylic acids is 2. The molecular weight excluding hydrogens is 374 g/mol. The second kappa shape index (κ2) is 9.02. The van der Waals surface area contributed by atoms with E-state index < -0.39 is 0 Å². The van der Waals surface area contributed by atoms with Crippen LogP contribution in [0, 0.1) is 11.8 Å². The van der Waals surface area contributed by atoms with Crippen molar-refractivity contribution < 1.29 is 9.59 Å². The first-order valence-electron chi connectivity index (χ1n) is 9.46. The van der Waals surface area contributed by atoms with E-state index in [0.29, 0.717) is 33.9 Å². The lowest BCUT2D eigenvalue weighted by Crippen LogP contribution is -2.22. The van der Waals surface area contributed by atoms with Crippen molar-refractivity contribution >= 4 is 34.9 Å². The number of nitrogens with zero attached hydrogens (tertiary/aromatic N) is 1. The Kier molecular flexibility index (Phi) is 6.47. The molecule has 2 amide bonds. The number of aromatic nitrogens is 1. The second-order valence-electron chi connectivity index (χ2n) is 7.32. The Hall–Kier alpha value is -2.66.